The van der Waals surface area contributed by atoms with Crippen molar-refractivity contribution in [3.63, 3.8) is 0 Å². The van der Waals surface area contributed by atoms with Crippen molar-refractivity contribution >= 4 is 29.7 Å². The first-order chi connectivity index (χ1) is 16.4. The van der Waals surface area contributed by atoms with Gasteiger partial charge in [-0.2, -0.15) is 5.10 Å². The van der Waals surface area contributed by atoms with E-state index in [2.05, 4.69) is 10.5 Å². The summed E-state index contributed by atoms with van der Waals surface area (Å²) in [5, 5.41) is 4.25. The molecule has 8 heteroatoms. The summed E-state index contributed by atoms with van der Waals surface area (Å²) in [5.41, 5.74) is 5.54. The number of amides is 1. The minimum Gasteiger partial charge on any atom is -0.490 e. The number of carbonyl (C=O) groups excluding carboxylic acids is 2. The average molecular weight is 481 g/mol. The molecule has 0 aliphatic carbocycles. The lowest BCUT2D eigenvalue weighted by molar-refractivity contribution is -0.123. The highest BCUT2D eigenvalue weighted by Gasteiger charge is 2.15. The monoisotopic (exact) mass is 480 g/mol. The molecule has 0 aromatic heterocycles. The Hall–Kier alpha value is -3.84. The number of rotatable bonds is 9. The standard InChI is InChI=1S/C26H25ClN2O5/c1-4-32-24-14-19(10-12-23(24)34-26(31)21-7-5-6-8-22(21)27)15-28-29-25(30)16-33-20-11-9-17(2)18(3)13-20/h5-15H,4,16H2,1-3H3,(H,29,30). The van der Waals surface area contributed by atoms with Gasteiger partial charge < -0.3 is 14.2 Å². The Morgan fingerprint density at radius 3 is 2.50 bits per heavy atom. The van der Waals surface area contributed by atoms with E-state index in [-0.39, 0.29) is 17.9 Å². The molecule has 1 N–H and O–H groups in total. The molecule has 7 nitrogen and oxygen atoms in total. The van der Waals surface area contributed by atoms with Crippen LogP contribution in [0.3, 0.4) is 0 Å². The van der Waals surface area contributed by atoms with Crippen LogP contribution < -0.4 is 19.6 Å². The van der Waals surface area contributed by atoms with Gasteiger partial charge in [-0.15, -0.1) is 0 Å². The molecule has 0 aliphatic heterocycles. The Balaban J connectivity index is 1.60. The van der Waals surface area contributed by atoms with Crippen LogP contribution in [0.2, 0.25) is 5.02 Å². The van der Waals surface area contributed by atoms with Gasteiger partial charge in [-0.3, -0.25) is 4.79 Å². The SMILES string of the molecule is CCOc1cc(C=NNC(=O)COc2ccc(C)c(C)c2)ccc1OC(=O)c1ccccc1Cl. The fourth-order valence-electron chi connectivity index (χ4n) is 2.90. The van der Waals surface area contributed by atoms with Gasteiger partial charge in [0.25, 0.3) is 5.91 Å². The molecule has 3 aromatic rings. The number of hydrogen-bond acceptors (Lipinski definition) is 6. The summed E-state index contributed by atoms with van der Waals surface area (Å²) >= 11 is 6.07. The summed E-state index contributed by atoms with van der Waals surface area (Å²) in [7, 11) is 0. The molecule has 0 bridgehead atoms. The van der Waals surface area contributed by atoms with Gasteiger partial charge in [0, 0.05) is 0 Å². The molecule has 1 amide bonds. The lowest BCUT2D eigenvalue weighted by Crippen LogP contribution is -2.24. The number of esters is 1. The van der Waals surface area contributed by atoms with Gasteiger partial charge in [-0.25, -0.2) is 10.2 Å². The molecule has 0 fully saturated rings. The highest BCUT2D eigenvalue weighted by Crippen LogP contribution is 2.29. The minimum absolute atomic E-state index is 0.166. The second-order valence-corrected chi connectivity index (χ2v) is 7.74. The predicted molar refractivity (Wildman–Crippen MR) is 131 cm³/mol. The van der Waals surface area contributed by atoms with Crippen LogP contribution in [0.5, 0.6) is 17.2 Å². The fourth-order valence-corrected chi connectivity index (χ4v) is 3.12. The van der Waals surface area contributed by atoms with Crippen LogP contribution in [0.1, 0.15) is 34.0 Å². The quantitative estimate of drug-likeness (QED) is 0.199. The van der Waals surface area contributed by atoms with Crippen molar-refractivity contribution in [3.8, 4) is 17.2 Å². The zero-order chi connectivity index (χ0) is 24.5. The predicted octanol–water partition coefficient (Wildman–Crippen LogP) is 5.10. The van der Waals surface area contributed by atoms with Crippen molar-refractivity contribution in [1.29, 1.82) is 0 Å². The van der Waals surface area contributed by atoms with E-state index in [1.54, 1.807) is 42.5 Å². The Bertz CT molecular complexity index is 1210. The molecule has 0 aliphatic rings. The Morgan fingerprint density at radius 2 is 1.76 bits per heavy atom. The number of nitrogens with zero attached hydrogens (tertiary/aromatic N) is 1. The lowest BCUT2D eigenvalue weighted by Gasteiger charge is -2.12. The number of nitrogens with one attached hydrogen (secondary N) is 1. The van der Waals surface area contributed by atoms with Crippen LogP contribution in [0.4, 0.5) is 0 Å². The number of halogens is 1. The number of hydrazone groups is 1. The maximum absolute atomic E-state index is 12.5. The molecule has 0 unspecified atom stereocenters. The van der Waals surface area contributed by atoms with Crippen LogP contribution >= 0.6 is 11.6 Å². The second kappa shape index (κ2) is 11.9. The van der Waals surface area contributed by atoms with Gasteiger partial charge in [0.1, 0.15) is 5.75 Å². The summed E-state index contributed by atoms with van der Waals surface area (Å²) < 4.78 is 16.6. The van der Waals surface area contributed by atoms with Crippen molar-refractivity contribution in [2.45, 2.75) is 20.8 Å². The van der Waals surface area contributed by atoms with E-state index in [9.17, 15) is 9.59 Å². The molecule has 176 valence electrons. The summed E-state index contributed by atoms with van der Waals surface area (Å²) in [6.07, 6.45) is 1.45. The summed E-state index contributed by atoms with van der Waals surface area (Å²) in [6, 6.07) is 17.2. The molecule has 0 atom stereocenters. The van der Waals surface area contributed by atoms with Crippen molar-refractivity contribution in [2.24, 2.45) is 5.10 Å². The third-order valence-electron chi connectivity index (χ3n) is 4.82. The molecule has 0 heterocycles. The van der Waals surface area contributed by atoms with E-state index in [0.717, 1.165) is 11.1 Å². The molecule has 3 rings (SSSR count). The first-order valence-corrected chi connectivity index (χ1v) is 11.0. The first kappa shape index (κ1) is 24.8. The van der Waals surface area contributed by atoms with Gasteiger partial charge >= 0.3 is 5.97 Å². The van der Waals surface area contributed by atoms with E-state index in [4.69, 9.17) is 25.8 Å². The lowest BCUT2D eigenvalue weighted by atomic mass is 10.1. The van der Waals surface area contributed by atoms with Gasteiger partial charge in [0.15, 0.2) is 18.1 Å². The normalized spacial score (nSPS) is 10.7. The van der Waals surface area contributed by atoms with Crippen molar-refractivity contribution in [2.75, 3.05) is 13.2 Å². The van der Waals surface area contributed by atoms with Gasteiger partial charge in [-0.1, -0.05) is 29.8 Å². The summed E-state index contributed by atoms with van der Waals surface area (Å²) in [5.74, 6) is 0.227. The number of aryl methyl sites for hydroxylation is 2. The first-order valence-electron chi connectivity index (χ1n) is 10.6. The van der Waals surface area contributed by atoms with E-state index in [0.29, 0.717) is 28.7 Å². The van der Waals surface area contributed by atoms with Gasteiger partial charge in [0.2, 0.25) is 0 Å². The van der Waals surface area contributed by atoms with Crippen molar-refractivity contribution in [3.05, 3.63) is 87.9 Å². The smallest absolute Gasteiger partial charge is 0.345 e. The number of hydrogen-bond donors (Lipinski definition) is 1. The van der Waals surface area contributed by atoms with Crippen molar-refractivity contribution in [1.82, 2.24) is 5.43 Å². The largest absolute Gasteiger partial charge is 0.490 e. The maximum atomic E-state index is 12.5. The molecule has 3 aromatic carbocycles. The van der Waals surface area contributed by atoms with Crippen LogP contribution in [0.15, 0.2) is 65.8 Å². The summed E-state index contributed by atoms with van der Waals surface area (Å²) in [6.45, 7) is 6.00. The van der Waals surface area contributed by atoms with Crippen LogP contribution in [0.25, 0.3) is 0 Å². The molecule has 0 saturated heterocycles. The van der Waals surface area contributed by atoms with E-state index in [1.165, 1.54) is 6.21 Å². The molecule has 34 heavy (non-hydrogen) atoms. The molecule has 0 radical (unpaired) electrons. The molecule has 0 spiro atoms. The zero-order valence-corrected chi connectivity index (χ0v) is 19.9. The van der Waals surface area contributed by atoms with Crippen LogP contribution in [-0.4, -0.2) is 31.3 Å². The molecular formula is C26H25ClN2O5. The Kier molecular flexibility index (Phi) is 8.65. The van der Waals surface area contributed by atoms with E-state index >= 15 is 0 Å². The highest BCUT2D eigenvalue weighted by molar-refractivity contribution is 6.33. The fraction of sp³-hybridized carbons (Fsp3) is 0.192. The highest BCUT2D eigenvalue weighted by atomic mass is 35.5. The minimum atomic E-state index is -0.594. The van der Waals surface area contributed by atoms with Gasteiger partial charge in [0.05, 0.1) is 23.4 Å². The Morgan fingerprint density at radius 1 is 0.971 bits per heavy atom. The van der Waals surface area contributed by atoms with Gasteiger partial charge in [-0.05, 0) is 79.9 Å². The third-order valence-corrected chi connectivity index (χ3v) is 5.14. The number of carbonyl (C=O) groups is 2. The average Bonchev–Trinajstić information content (AvgIpc) is 2.82. The Labute approximate surface area is 203 Å². The molecular weight excluding hydrogens is 456 g/mol. The zero-order valence-electron chi connectivity index (χ0n) is 19.1. The third kappa shape index (κ3) is 6.83. The van der Waals surface area contributed by atoms with Crippen LogP contribution in [-0.2, 0) is 4.79 Å². The maximum Gasteiger partial charge on any atom is 0.345 e. The number of benzene rings is 3. The topological polar surface area (TPSA) is 86.2 Å². The van der Waals surface area contributed by atoms with Crippen molar-refractivity contribution < 1.29 is 23.8 Å². The number of ether oxygens (including phenoxy) is 3. The second-order valence-electron chi connectivity index (χ2n) is 7.34. The van der Waals surface area contributed by atoms with E-state index in [1.807, 2.05) is 39.0 Å². The summed E-state index contributed by atoms with van der Waals surface area (Å²) in [4.78, 5) is 24.5. The van der Waals surface area contributed by atoms with E-state index < -0.39 is 11.9 Å². The van der Waals surface area contributed by atoms with Crippen LogP contribution in [0, 0.1) is 13.8 Å². The molecule has 0 saturated carbocycles.